The lowest BCUT2D eigenvalue weighted by Gasteiger charge is -2.22. The number of aliphatic hydroxyl groups excluding tert-OH is 1. The number of nitrogen functional groups attached to an aromatic ring is 1. The Kier molecular flexibility index (Phi) is 4.81. The van der Waals surface area contributed by atoms with Gasteiger partial charge in [-0.25, -0.2) is 13.1 Å². The van der Waals surface area contributed by atoms with E-state index in [9.17, 15) is 13.5 Å². The Morgan fingerprint density at radius 2 is 1.85 bits per heavy atom. The largest absolute Gasteiger partial charge is 0.398 e. The van der Waals surface area contributed by atoms with Gasteiger partial charge in [-0.05, 0) is 50.5 Å². The van der Waals surface area contributed by atoms with Gasteiger partial charge in [-0.1, -0.05) is 0 Å². The molecule has 0 heterocycles. The minimum absolute atomic E-state index is 0.128. The van der Waals surface area contributed by atoms with Crippen LogP contribution in [0.5, 0.6) is 0 Å². The number of sulfonamides is 1. The van der Waals surface area contributed by atoms with Crippen molar-refractivity contribution in [1.29, 1.82) is 0 Å². The topological polar surface area (TPSA) is 113 Å². The molecule has 0 saturated carbocycles. The molecule has 0 aliphatic rings. The molecule has 1 aromatic rings. The average molecular weight is 302 g/mol. The van der Waals surface area contributed by atoms with Crippen LogP contribution in [0.2, 0.25) is 0 Å². The van der Waals surface area contributed by atoms with Crippen molar-refractivity contribution in [3.63, 3.8) is 0 Å². The van der Waals surface area contributed by atoms with E-state index in [1.54, 1.807) is 26.8 Å². The number of rotatable bonds is 5. The van der Waals surface area contributed by atoms with E-state index in [-0.39, 0.29) is 11.4 Å². The molecule has 6 nitrogen and oxygen atoms in total. The van der Waals surface area contributed by atoms with E-state index in [2.05, 4.69) is 4.72 Å². The van der Waals surface area contributed by atoms with Gasteiger partial charge in [-0.3, -0.25) is 0 Å². The number of hydrogen-bond acceptors (Lipinski definition) is 5. The highest BCUT2D eigenvalue weighted by atomic mass is 32.2. The molecule has 1 aromatic carbocycles. The monoisotopic (exact) mass is 302 g/mol. The lowest BCUT2D eigenvalue weighted by Crippen LogP contribution is -2.43. The van der Waals surface area contributed by atoms with Crippen molar-refractivity contribution in [3.8, 4) is 0 Å². The van der Waals surface area contributed by atoms with E-state index in [4.69, 9.17) is 10.8 Å². The first kappa shape index (κ1) is 16.9. The minimum Gasteiger partial charge on any atom is -0.398 e. The van der Waals surface area contributed by atoms with Crippen LogP contribution in [0.25, 0.3) is 0 Å². The molecule has 114 valence electrons. The number of aliphatic hydroxyl groups is 2. The SMILES string of the molecule is Cc1cc(N)c(C)c(S(=O)(=O)NCC(C)(O)CO)c1C. The fourth-order valence-corrected chi connectivity index (χ4v) is 3.55. The fraction of sp³-hybridized carbons (Fsp3) is 0.538. The lowest BCUT2D eigenvalue weighted by molar-refractivity contribution is 0.00681. The number of nitrogens with two attached hydrogens (primary N) is 1. The quantitative estimate of drug-likeness (QED) is 0.581. The predicted octanol–water partition coefficient (Wildman–Crippen LogP) is 0.216. The van der Waals surface area contributed by atoms with Crippen LogP contribution in [-0.4, -0.2) is 37.4 Å². The zero-order valence-electron chi connectivity index (χ0n) is 12.2. The normalized spacial score (nSPS) is 15.1. The van der Waals surface area contributed by atoms with Gasteiger partial charge in [0.25, 0.3) is 0 Å². The molecule has 0 aromatic heterocycles. The fourth-order valence-electron chi connectivity index (χ4n) is 1.82. The lowest BCUT2D eigenvalue weighted by atomic mass is 10.1. The van der Waals surface area contributed by atoms with Crippen molar-refractivity contribution in [2.24, 2.45) is 0 Å². The molecule has 20 heavy (non-hydrogen) atoms. The minimum atomic E-state index is -3.81. The second-order valence-electron chi connectivity index (χ2n) is 5.34. The third kappa shape index (κ3) is 3.49. The van der Waals surface area contributed by atoms with Gasteiger partial charge in [0.1, 0.15) is 0 Å². The standard InChI is InChI=1S/C13H22N2O4S/c1-8-5-11(14)10(3)12(9(8)2)20(18,19)15-6-13(4,17)7-16/h5,15-17H,6-7,14H2,1-4H3. The molecule has 1 atom stereocenters. The molecule has 0 fully saturated rings. The first-order chi connectivity index (χ1) is 9.02. The second-order valence-corrected chi connectivity index (χ2v) is 7.05. The molecule has 0 spiro atoms. The smallest absolute Gasteiger partial charge is 0.241 e. The molecule has 0 aliphatic carbocycles. The number of anilines is 1. The molecule has 0 radical (unpaired) electrons. The molecular formula is C13H22N2O4S. The highest BCUT2D eigenvalue weighted by Gasteiger charge is 2.26. The summed E-state index contributed by atoms with van der Waals surface area (Å²) >= 11 is 0. The summed E-state index contributed by atoms with van der Waals surface area (Å²) in [6, 6.07) is 1.73. The van der Waals surface area contributed by atoms with E-state index in [1.165, 1.54) is 6.92 Å². The maximum Gasteiger partial charge on any atom is 0.241 e. The van der Waals surface area contributed by atoms with Gasteiger partial charge in [0.05, 0.1) is 17.1 Å². The maximum absolute atomic E-state index is 12.4. The van der Waals surface area contributed by atoms with Crippen molar-refractivity contribution in [3.05, 3.63) is 22.8 Å². The zero-order valence-corrected chi connectivity index (χ0v) is 13.0. The van der Waals surface area contributed by atoms with Gasteiger partial charge in [-0.2, -0.15) is 0 Å². The van der Waals surface area contributed by atoms with Crippen molar-refractivity contribution >= 4 is 15.7 Å². The first-order valence-electron chi connectivity index (χ1n) is 6.21. The van der Waals surface area contributed by atoms with Crippen molar-refractivity contribution in [2.45, 2.75) is 38.2 Å². The summed E-state index contributed by atoms with van der Waals surface area (Å²) in [6.45, 7) is 5.66. The molecule has 1 unspecified atom stereocenters. The Labute approximate surface area is 119 Å². The summed E-state index contributed by atoms with van der Waals surface area (Å²) in [6.07, 6.45) is 0. The van der Waals surface area contributed by atoms with Crippen LogP contribution < -0.4 is 10.5 Å². The van der Waals surface area contributed by atoms with Gasteiger partial charge in [-0.15, -0.1) is 0 Å². The molecule has 0 saturated heterocycles. The van der Waals surface area contributed by atoms with E-state index in [0.29, 0.717) is 16.8 Å². The Morgan fingerprint density at radius 3 is 2.35 bits per heavy atom. The highest BCUT2D eigenvalue weighted by molar-refractivity contribution is 7.89. The van der Waals surface area contributed by atoms with Crippen LogP contribution >= 0.6 is 0 Å². The van der Waals surface area contributed by atoms with Crippen LogP contribution in [0, 0.1) is 20.8 Å². The van der Waals surface area contributed by atoms with Gasteiger partial charge < -0.3 is 15.9 Å². The number of benzene rings is 1. The van der Waals surface area contributed by atoms with Gasteiger partial charge >= 0.3 is 0 Å². The molecule has 7 heteroatoms. The highest BCUT2D eigenvalue weighted by Crippen LogP contribution is 2.27. The molecule has 0 aliphatic heterocycles. The molecule has 0 bridgehead atoms. The van der Waals surface area contributed by atoms with Crippen LogP contribution in [-0.2, 0) is 10.0 Å². The van der Waals surface area contributed by atoms with Crippen LogP contribution in [0.3, 0.4) is 0 Å². The van der Waals surface area contributed by atoms with Crippen LogP contribution in [0.15, 0.2) is 11.0 Å². The Hall–Kier alpha value is -1.15. The van der Waals surface area contributed by atoms with Crippen molar-refractivity contribution in [1.82, 2.24) is 4.72 Å². The Morgan fingerprint density at radius 1 is 1.30 bits per heavy atom. The van der Waals surface area contributed by atoms with Crippen molar-refractivity contribution < 1.29 is 18.6 Å². The Balaban J connectivity index is 3.24. The van der Waals surface area contributed by atoms with Crippen LogP contribution in [0.1, 0.15) is 23.6 Å². The first-order valence-corrected chi connectivity index (χ1v) is 7.69. The van der Waals surface area contributed by atoms with Gasteiger partial charge in [0.15, 0.2) is 0 Å². The maximum atomic E-state index is 12.4. The number of hydrogen-bond donors (Lipinski definition) is 4. The Bertz CT molecular complexity index is 583. The summed E-state index contributed by atoms with van der Waals surface area (Å²) in [5, 5.41) is 18.6. The third-order valence-electron chi connectivity index (χ3n) is 3.33. The third-order valence-corrected chi connectivity index (χ3v) is 5.00. The van der Waals surface area contributed by atoms with Crippen LogP contribution in [0.4, 0.5) is 5.69 Å². The summed E-state index contributed by atoms with van der Waals surface area (Å²) in [5.74, 6) is 0. The average Bonchev–Trinajstić information content (AvgIpc) is 2.34. The van der Waals surface area contributed by atoms with Gasteiger partial charge in [0, 0.05) is 12.2 Å². The molecule has 1 rings (SSSR count). The molecular weight excluding hydrogens is 280 g/mol. The zero-order chi connectivity index (χ0) is 15.7. The van der Waals surface area contributed by atoms with Gasteiger partial charge in [0.2, 0.25) is 10.0 Å². The molecule has 5 N–H and O–H groups in total. The summed E-state index contributed by atoms with van der Waals surface area (Å²) in [5.41, 5.74) is 6.58. The van der Waals surface area contributed by atoms with Crippen molar-refractivity contribution in [2.75, 3.05) is 18.9 Å². The van der Waals surface area contributed by atoms with E-state index >= 15 is 0 Å². The van der Waals surface area contributed by atoms with E-state index in [0.717, 1.165) is 5.56 Å². The number of nitrogens with one attached hydrogen (secondary N) is 1. The predicted molar refractivity (Wildman–Crippen MR) is 78.0 cm³/mol. The summed E-state index contributed by atoms with van der Waals surface area (Å²) in [4.78, 5) is 0.128. The molecule has 0 amide bonds. The van der Waals surface area contributed by atoms with E-state index in [1.807, 2.05) is 0 Å². The second kappa shape index (κ2) is 5.69. The number of aryl methyl sites for hydroxylation is 1. The summed E-state index contributed by atoms with van der Waals surface area (Å²) < 4.78 is 27.1. The van der Waals surface area contributed by atoms with E-state index < -0.39 is 22.2 Å². The summed E-state index contributed by atoms with van der Waals surface area (Å²) in [7, 11) is -3.81.